The first kappa shape index (κ1) is 18.2. The van der Waals surface area contributed by atoms with Crippen molar-refractivity contribution in [1.29, 1.82) is 0 Å². The predicted molar refractivity (Wildman–Crippen MR) is 90.1 cm³/mol. The van der Waals surface area contributed by atoms with E-state index in [1.165, 1.54) is 19.1 Å². The molecular weight excluding hydrogens is 352 g/mol. The number of hydrazone groups is 1. The lowest BCUT2D eigenvalue weighted by molar-refractivity contribution is -0.384. The Kier molecular flexibility index (Phi) is 4.90. The average molecular weight is 366 g/mol. The van der Waals surface area contributed by atoms with E-state index in [2.05, 4.69) is 10.5 Å². The molecule has 2 rings (SSSR count). The molecule has 0 aliphatic rings. The number of hydrogen-bond acceptors (Lipinski definition) is 8. The van der Waals surface area contributed by atoms with Gasteiger partial charge < -0.3 is 10.2 Å². The lowest BCUT2D eigenvalue weighted by Gasteiger charge is -2.07. The van der Waals surface area contributed by atoms with E-state index in [0.717, 1.165) is 24.3 Å². The van der Waals surface area contributed by atoms with Crippen LogP contribution >= 0.6 is 0 Å². The minimum Gasteiger partial charge on any atom is -0.508 e. The van der Waals surface area contributed by atoms with Gasteiger partial charge in [-0.05, 0) is 31.2 Å². The number of anilines is 1. The van der Waals surface area contributed by atoms with Crippen LogP contribution in [0.15, 0.2) is 46.4 Å². The zero-order chi connectivity index (χ0) is 18.8. The molecule has 0 radical (unpaired) electrons. The van der Waals surface area contributed by atoms with Gasteiger partial charge in [-0.3, -0.25) is 15.5 Å². The van der Waals surface area contributed by atoms with Crippen molar-refractivity contribution >= 4 is 27.1 Å². The molecule has 0 heterocycles. The third-order valence-electron chi connectivity index (χ3n) is 3.21. The predicted octanol–water partition coefficient (Wildman–Crippen LogP) is 1.49. The quantitative estimate of drug-likeness (QED) is 0.353. The topological polar surface area (TPSA) is 168 Å². The van der Waals surface area contributed by atoms with Crippen molar-refractivity contribution in [1.82, 2.24) is 0 Å². The molecular formula is C14H14N4O6S. The first-order valence-electron chi connectivity index (χ1n) is 6.73. The number of phenolic OH excluding ortho intramolecular Hbond substituents is 2. The van der Waals surface area contributed by atoms with Gasteiger partial charge in [0.1, 0.15) is 17.2 Å². The molecule has 0 saturated heterocycles. The van der Waals surface area contributed by atoms with E-state index in [-0.39, 0.29) is 22.9 Å². The summed E-state index contributed by atoms with van der Waals surface area (Å²) in [7, 11) is -4.08. The zero-order valence-corrected chi connectivity index (χ0v) is 13.7. The van der Waals surface area contributed by atoms with E-state index in [1.807, 2.05) is 0 Å². The number of primary sulfonamides is 1. The Morgan fingerprint density at radius 3 is 2.48 bits per heavy atom. The molecule has 2 aromatic carbocycles. The zero-order valence-electron chi connectivity index (χ0n) is 12.9. The van der Waals surface area contributed by atoms with Gasteiger partial charge in [0.15, 0.2) is 0 Å². The van der Waals surface area contributed by atoms with Gasteiger partial charge in [-0.25, -0.2) is 13.6 Å². The lowest BCUT2D eigenvalue weighted by atomic mass is 10.1. The number of phenols is 2. The number of rotatable bonds is 5. The number of hydrogen-bond donors (Lipinski definition) is 4. The van der Waals surface area contributed by atoms with Crippen LogP contribution < -0.4 is 10.6 Å². The molecule has 2 aromatic rings. The second kappa shape index (κ2) is 6.75. The Bertz CT molecular complexity index is 971. The maximum absolute atomic E-state index is 11.3. The second-order valence-electron chi connectivity index (χ2n) is 4.99. The Labute approximate surface area is 142 Å². The highest BCUT2D eigenvalue weighted by Crippen LogP contribution is 2.28. The van der Waals surface area contributed by atoms with Gasteiger partial charge in [0, 0.05) is 17.7 Å². The first-order chi connectivity index (χ1) is 11.6. The summed E-state index contributed by atoms with van der Waals surface area (Å²) in [5.74, 6) is -0.349. The van der Waals surface area contributed by atoms with E-state index in [4.69, 9.17) is 5.14 Å². The van der Waals surface area contributed by atoms with Crippen LogP contribution in [0, 0.1) is 10.1 Å². The fraction of sp³-hybridized carbons (Fsp3) is 0.0714. The van der Waals surface area contributed by atoms with E-state index >= 15 is 0 Å². The number of nitrogens with zero attached hydrogens (tertiary/aromatic N) is 2. The maximum atomic E-state index is 11.3. The van der Waals surface area contributed by atoms with Gasteiger partial charge in [0.2, 0.25) is 10.0 Å². The van der Waals surface area contributed by atoms with Crippen LogP contribution in [0.1, 0.15) is 12.5 Å². The maximum Gasteiger partial charge on any atom is 0.295 e. The fourth-order valence-electron chi connectivity index (χ4n) is 1.96. The second-order valence-corrected chi connectivity index (χ2v) is 6.55. The minimum absolute atomic E-state index is 0.0602. The van der Waals surface area contributed by atoms with Gasteiger partial charge in [-0.15, -0.1) is 0 Å². The van der Waals surface area contributed by atoms with Gasteiger partial charge in [-0.2, -0.15) is 5.10 Å². The summed E-state index contributed by atoms with van der Waals surface area (Å²) in [5.41, 5.74) is 2.44. The third kappa shape index (κ3) is 4.22. The van der Waals surface area contributed by atoms with E-state index in [1.54, 1.807) is 0 Å². The molecule has 0 aromatic heterocycles. The van der Waals surface area contributed by atoms with Crippen LogP contribution in [0.25, 0.3) is 0 Å². The first-order valence-corrected chi connectivity index (χ1v) is 8.28. The summed E-state index contributed by atoms with van der Waals surface area (Å²) in [5, 5.41) is 39.0. The number of benzene rings is 2. The van der Waals surface area contributed by atoms with Gasteiger partial charge in [-0.1, -0.05) is 0 Å². The molecule has 0 amide bonds. The summed E-state index contributed by atoms with van der Waals surface area (Å²) >= 11 is 0. The number of aromatic hydroxyl groups is 2. The van der Waals surface area contributed by atoms with Crippen molar-refractivity contribution in [3.63, 3.8) is 0 Å². The van der Waals surface area contributed by atoms with Crippen LogP contribution in [0.4, 0.5) is 11.4 Å². The molecule has 10 nitrogen and oxygen atoms in total. The standard InChI is InChI=1S/C14H14N4O6S/c1-8(11-4-2-9(19)6-14(11)20)16-17-12-5-3-10(25(15,23)24)7-13(12)18(21)22/h2-7,17,19-20H,1H3,(H2,15,23,24)/b16-8+. The summed E-state index contributed by atoms with van der Waals surface area (Å²) in [6.45, 7) is 1.53. The van der Waals surface area contributed by atoms with Crippen LogP contribution in [0.5, 0.6) is 11.5 Å². The van der Waals surface area contributed by atoms with Gasteiger partial charge in [0.05, 0.1) is 15.5 Å². The lowest BCUT2D eigenvalue weighted by Crippen LogP contribution is -2.12. The molecule has 11 heteroatoms. The normalized spacial score (nSPS) is 12.0. The molecule has 0 unspecified atom stereocenters. The fourth-order valence-corrected chi connectivity index (χ4v) is 2.50. The summed E-state index contributed by atoms with van der Waals surface area (Å²) in [4.78, 5) is 9.94. The molecule has 0 bridgehead atoms. The van der Waals surface area contributed by atoms with Crippen molar-refractivity contribution in [2.24, 2.45) is 10.2 Å². The van der Waals surface area contributed by atoms with Gasteiger partial charge in [0.25, 0.3) is 5.69 Å². The Hall–Kier alpha value is -3.18. The molecule has 0 saturated carbocycles. The minimum atomic E-state index is -4.08. The largest absolute Gasteiger partial charge is 0.508 e. The highest BCUT2D eigenvalue weighted by Gasteiger charge is 2.19. The third-order valence-corrected chi connectivity index (χ3v) is 4.12. The van der Waals surface area contributed by atoms with Crippen molar-refractivity contribution in [2.45, 2.75) is 11.8 Å². The van der Waals surface area contributed by atoms with Crippen LogP contribution in [0.2, 0.25) is 0 Å². The van der Waals surface area contributed by atoms with Crippen molar-refractivity contribution in [3.05, 3.63) is 52.1 Å². The molecule has 0 fully saturated rings. The van der Waals surface area contributed by atoms with Crippen molar-refractivity contribution in [2.75, 3.05) is 5.43 Å². The van der Waals surface area contributed by atoms with E-state index in [9.17, 15) is 28.7 Å². The van der Waals surface area contributed by atoms with Crippen LogP contribution in [-0.2, 0) is 10.0 Å². The summed E-state index contributed by atoms with van der Waals surface area (Å²) in [6.07, 6.45) is 0. The van der Waals surface area contributed by atoms with Crippen LogP contribution in [-0.4, -0.2) is 29.3 Å². The summed E-state index contributed by atoms with van der Waals surface area (Å²) < 4.78 is 22.6. The smallest absolute Gasteiger partial charge is 0.295 e. The van der Waals surface area contributed by atoms with Crippen molar-refractivity contribution < 1.29 is 23.6 Å². The Morgan fingerprint density at radius 1 is 1.24 bits per heavy atom. The molecule has 0 spiro atoms. The Balaban J connectivity index is 2.38. The highest BCUT2D eigenvalue weighted by molar-refractivity contribution is 7.89. The molecule has 0 atom stereocenters. The summed E-state index contributed by atoms with van der Waals surface area (Å²) in [6, 6.07) is 6.97. The highest BCUT2D eigenvalue weighted by atomic mass is 32.2. The number of nitrogens with one attached hydrogen (secondary N) is 1. The van der Waals surface area contributed by atoms with Crippen LogP contribution in [0.3, 0.4) is 0 Å². The Morgan fingerprint density at radius 2 is 1.92 bits per heavy atom. The number of sulfonamides is 1. The average Bonchev–Trinajstić information content (AvgIpc) is 2.51. The molecule has 0 aliphatic heterocycles. The van der Waals surface area contributed by atoms with E-state index < -0.39 is 25.5 Å². The molecule has 132 valence electrons. The van der Waals surface area contributed by atoms with E-state index in [0.29, 0.717) is 5.56 Å². The monoisotopic (exact) mass is 366 g/mol. The van der Waals surface area contributed by atoms with Crippen molar-refractivity contribution in [3.8, 4) is 11.5 Å². The molecule has 0 aliphatic carbocycles. The molecule has 25 heavy (non-hydrogen) atoms. The molecule has 5 N–H and O–H groups in total. The number of nitro benzene ring substituents is 1. The SMILES string of the molecule is C/C(=N\Nc1ccc(S(N)(=O)=O)cc1[N+](=O)[O-])c1ccc(O)cc1O. The number of nitro groups is 1. The van der Waals surface area contributed by atoms with Gasteiger partial charge >= 0.3 is 0 Å². The number of nitrogens with two attached hydrogens (primary N) is 1.